The molecule has 5 heteroatoms. The van der Waals surface area contributed by atoms with Crippen molar-refractivity contribution in [2.24, 2.45) is 0 Å². The zero-order valence-corrected chi connectivity index (χ0v) is 9.10. The van der Waals surface area contributed by atoms with E-state index < -0.39 is 11.9 Å². The van der Waals surface area contributed by atoms with Crippen molar-refractivity contribution in [2.75, 3.05) is 19.8 Å². The van der Waals surface area contributed by atoms with Gasteiger partial charge in [0.25, 0.3) is 0 Å². The van der Waals surface area contributed by atoms with Gasteiger partial charge < -0.3 is 14.2 Å². The minimum Gasteiger partial charge on any atom is -0.459 e. The van der Waals surface area contributed by atoms with E-state index in [0.29, 0.717) is 12.2 Å². The van der Waals surface area contributed by atoms with Crippen molar-refractivity contribution in [2.45, 2.75) is 13.0 Å². The summed E-state index contributed by atoms with van der Waals surface area (Å²) in [5.74, 6) is -0.950. The summed E-state index contributed by atoms with van der Waals surface area (Å²) in [5, 5.41) is 0. The van der Waals surface area contributed by atoms with Crippen LogP contribution in [0.4, 0.5) is 0 Å². The lowest BCUT2D eigenvalue weighted by atomic mass is 10.3. The van der Waals surface area contributed by atoms with Crippen LogP contribution in [0.2, 0.25) is 0 Å². The van der Waals surface area contributed by atoms with Crippen LogP contribution in [0, 0.1) is 0 Å². The summed E-state index contributed by atoms with van der Waals surface area (Å²) < 4.78 is 14.5. The molecule has 1 unspecified atom stereocenters. The lowest BCUT2D eigenvalue weighted by molar-refractivity contribution is -0.140. The van der Waals surface area contributed by atoms with Crippen molar-refractivity contribution in [3.8, 4) is 0 Å². The molecule has 0 radical (unpaired) electrons. The van der Waals surface area contributed by atoms with Gasteiger partial charge in [0.1, 0.15) is 19.3 Å². The minimum absolute atomic E-state index is 0.0334. The molecular formula is C11H14O5. The Balaban J connectivity index is 2.21. The molecule has 0 saturated carbocycles. The van der Waals surface area contributed by atoms with E-state index in [1.165, 1.54) is 6.08 Å². The minimum atomic E-state index is -0.524. The van der Waals surface area contributed by atoms with E-state index in [1.54, 1.807) is 6.92 Å². The van der Waals surface area contributed by atoms with Crippen LogP contribution in [-0.4, -0.2) is 37.9 Å². The molecule has 0 aromatic heterocycles. The Hall–Kier alpha value is -1.62. The Kier molecular flexibility index (Phi) is 4.72. The van der Waals surface area contributed by atoms with Crippen LogP contribution in [0.1, 0.15) is 6.92 Å². The lowest BCUT2D eigenvalue weighted by Crippen LogP contribution is -2.11. The van der Waals surface area contributed by atoms with Gasteiger partial charge in [-0.15, -0.1) is 0 Å². The van der Waals surface area contributed by atoms with Gasteiger partial charge in [-0.2, -0.15) is 0 Å². The smallest absolute Gasteiger partial charge is 0.333 e. The molecule has 0 spiro atoms. The van der Waals surface area contributed by atoms with Gasteiger partial charge in [-0.25, -0.2) is 9.59 Å². The van der Waals surface area contributed by atoms with E-state index >= 15 is 0 Å². The van der Waals surface area contributed by atoms with E-state index in [9.17, 15) is 9.59 Å². The van der Waals surface area contributed by atoms with Gasteiger partial charge >= 0.3 is 11.9 Å². The van der Waals surface area contributed by atoms with Crippen LogP contribution in [0.3, 0.4) is 0 Å². The molecule has 1 aliphatic rings. The number of ether oxygens (including phenoxy) is 3. The fourth-order valence-corrected chi connectivity index (χ4v) is 0.838. The second-order valence-electron chi connectivity index (χ2n) is 3.28. The monoisotopic (exact) mass is 226 g/mol. The molecule has 1 atom stereocenters. The molecule has 88 valence electrons. The number of carbonyl (C=O) groups excluding carboxylic acids is 2. The predicted octanol–water partition coefficient (Wildman–Crippen LogP) is 0.604. The van der Waals surface area contributed by atoms with Gasteiger partial charge in [0.05, 0.1) is 6.61 Å². The third-order valence-corrected chi connectivity index (χ3v) is 1.91. The summed E-state index contributed by atoms with van der Waals surface area (Å²) in [4.78, 5) is 22.0. The molecule has 0 aromatic carbocycles. The fraction of sp³-hybridized carbons (Fsp3) is 0.455. The van der Waals surface area contributed by atoms with Crippen molar-refractivity contribution in [1.29, 1.82) is 0 Å². The molecule has 0 aliphatic carbocycles. The number of carbonyl (C=O) groups is 2. The first-order valence-electron chi connectivity index (χ1n) is 4.88. The topological polar surface area (TPSA) is 65.1 Å². The quantitative estimate of drug-likeness (QED) is 0.377. The highest BCUT2D eigenvalue weighted by Crippen LogP contribution is 2.09. The highest BCUT2D eigenvalue weighted by atomic mass is 16.6. The third kappa shape index (κ3) is 4.75. The summed E-state index contributed by atoms with van der Waals surface area (Å²) >= 11 is 0. The highest BCUT2D eigenvalue weighted by Gasteiger charge is 2.24. The number of esters is 2. The van der Waals surface area contributed by atoms with E-state index in [0.717, 1.165) is 6.08 Å². The van der Waals surface area contributed by atoms with Crippen molar-refractivity contribution in [3.63, 3.8) is 0 Å². The second kappa shape index (κ2) is 6.07. The summed E-state index contributed by atoms with van der Waals surface area (Å²) in [7, 11) is 0. The molecule has 1 heterocycles. The molecule has 1 fully saturated rings. The van der Waals surface area contributed by atoms with Crippen LogP contribution >= 0.6 is 0 Å². The molecule has 1 rings (SSSR count). The Labute approximate surface area is 93.7 Å². The molecule has 1 aliphatic heterocycles. The number of epoxide rings is 1. The van der Waals surface area contributed by atoms with Gasteiger partial charge in [0.15, 0.2) is 0 Å². The van der Waals surface area contributed by atoms with Crippen molar-refractivity contribution in [1.82, 2.24) is 0 Å². The van der Waals surface area contributed by atoms with Crippen LogP contribution in [0.25, 0.3) is 0 Å². The molecule has 0 aromatic rings. The standard InChI is InChI=1S/C11H14O5/c1-3-10(12)14-5-4-8(2)11(13)16-7-9-6-15-9/h3-4,9H,1,5-7H2,2H3. The summed E-state index contributed by atoms with van der Waals surface area (Å²) in [6.45, 7) is 5.80. The zero-order chi connectivity index (χ0) is 12.0. The Morgan fingerprint density at radius 1 is 1.50 bits per heavy atom. The van der Waals surface area contributed by atoms with Crippen LogP contribution in [0.5, 0.6) is 0 Å². The molecule has 16 heavy (non-hydrogen) atoms. The maximum Gasteiger partial charge on any atom is 0.333 e. The average molecular weight is 226 g/mol. The lowest BCUT2D eigenvalue weighted by Gasteiger charge is -2.02. The SMILES string of the molecule is C=CC(=O)OCC=C(C)C(=O)OCC1CO1. The third-order valence-electron chi connectivity index (χ3n) is 1.91. The van der Waals surface area contributed by atoms with Crippen molar-refractivity contribution >= 4 is 11.9 Å². The van der Waals surface area contributed by atoms with Crippen molar-refractivity contribution < 1.29 is 23.8 Å². The molecular weight excluding hydrogens is 212 g/mol. The van der Waals surface area contributed by atoms with Gasteiger partial charge in [-0.05, 0) is 13.0 Å². The molecule has 0 N–H and O–H groups in total. The maximum atomic E-state index is 11.3. The Morgan fingerprint density at radius 3 is 2.75 bits per heavy atom. The van der Waals surface area contributed by atoms with E-state index in [2.05, 4.69) is 11.3 Å². The highest BCUT2D eigenvalue weighted by molar-refractivity contribution is 5.87. The normalized spacial score (nSPS) is 18.8. The number of rotatable bonds is 6. The van der Waals surface area contributed by atoms with Crippen LogP contribution < -0.4 is 0 Å². The van der Waals surface area contributed by atoms with E-state index in [-0.39, 0.29) is 19.3 Å². The largest absolute Gasteiger partial charge is 0.459 e. The summed E-state index contributed by atoms with van der Waals surface area (Å²) in [6, 6.07) is 0. The van der Waals surface area contributed by atoms with Crippen LogP contribution in [0.15, 0.2) is 24.3 Å². The molecule has 5 nitrogen and oxygen atoms in total. The summed E-state index contributed by atoms with van der Waals surface area (Å²) in [6.07, 6.45) is 2.60. The summed E-state index contributed by atoms with van der Waals surface area (Å²) in [5.41, 5.74) is 0.400. The second-order valence-corrected chi connectivity index (χ2v) is 3.28. The van der Waals surface area contributed by atoms with Gasteiger partial charge in [0, 0.05) is 11.6 Å². The number of hydrogen-bond acceptors (Lipinski definition) is 5. The molecule has 0 bridgehead atoms. The molecule has 0 amide bonds. The first-order chi connectivity index (χ1) is 7.63. The van der Waals surface area contributed by atoms with E-state index in [1.807, 2.05) is 0 Å². The Bertz CT molecular complexity index is 314. The van der Waals surface area contributed by atoms with Gasteiger partial charge in [-0.3, -0.25) is 0 Å². The first-order valence-corrected chi connectivity index (χ1v) is 4.88. The van der Waals surface area contributed by atoms with E-state index in [4.69, 9.17) is 9.47 Å². The maximum absolute atomic E-state index is 11.3. The van der Waals surface area contributed by atoms with Crippen molar-refractivity contribution in [3.05, 3.63) is 24.3 Å². The molecule has 1 saturated heterocycles. The zero-order valence-electron chi connectivity index (χ0n) is 9.10. The fourth-order valence-electron chi connectivity index (χ4n) is 0.838. The van der Waals surface area contributed by atoms with Gasteiger partial charge in [0.2, 0.25) is 0 Å². The van der Waals surface area contributed by atoms with Gasteiger partial charge in [-0.1, -0.05) is 6.58 Å². The predicted molar refractivity (Wildman–Crippen MR) is 55.6 cm³/mol. The number of hydrogen-bond donors (Lipinski definition) is 0. The first kappa shape index (κ1) is 12.4. The Morgan fingerprint density at radius 2 is 2.19 bits per heavy atom. The average Bonchev–Trinajstić information content (AvgIpc) is 3.09. The van der Waals surface area contributed by atoms with Crippen LogP contribution in [-0.2, 0) is 23.8 Å².